The maximum Gasteiger partial charge on any atom is -0.0285 e. The molecule has 0 atom stereocenters. The minimum Gasteiger partial charge on any atom is -0.0840 e. The summed E-state index contributed by atoms with van der Waals surface area (Å²) in [6.07, 6.45) is 11.2. The van der Waals surface area contributed by atoms with Gasteiger partial charge >= 0.3 is 0 Å². The molecule has 0 aromatic carbocycles. The first-order chi connectivity index (χ1) is 4.21. The van der Waals surface area contributed by atoms with Gasteiger partial charge in [-0.25, -0.2) is 0 Å². The molecule has 0 spiro atoms. The maximum absolute atomic E-state index is 2.30. The highest BCUT2D eigenvalue weighted by Gasteiger charge is 2.14. The fraction of sp³-hybridized carbons (Fsp3) is 0.556. The molecule has 0 saturated heterocycles. The number of allylic oxidation sites excluding steroid dienone is 4. The van der Waals surface area contributed by atoms with Crippen LogP contribution in [0, 0.1) is 5.41 Å². The zero-order valence-electron chi connectivity index (χ0n) is 6.22. The van der Waals surface area contributed by atoms with Gasteiger partial charge in [0.05, 0.1) is 0 Å². The van der Waals surface area contributed by atoms with Gasteiger partial charge in [0.25, 0.3) is 0 Å². The molecule has 0 nitrogen and oxygen atoms in total. The molecule has 0 bridgehead atoms. The smallest absolute Gasteiger partial charge is 0.0285 e. The van der Waals surface area contributed by atoms with E-state index in [0.29, 0.717) is 5.41 Å². The summed E-state index contributed by atoms with van der Waals surface area (Å²) in [4.78, 5) is 0. The van der Waals surface area contributed by atoms with E-state index in [-0.39, 0.29) is 0 Å². The van der Waals surface area contributed by atoms with Crippen LogP contribution in [-0.2, 0) is 0 Å². The monoisotopic (exact) mass is 122 g/mol. The molecule has 1 aliphatic rings. The molecule has 0 saturated carbocycles. The Morgan fingerprint density at radius 3 is 1.89 bits per heavy atom. The number of hydrogen-bond donors (Lipinski definition) is 0. The highest BCUT2D eigenvalue weighted by molar-refractivity contribution is 5.08. The second-order valence-electron chi connectivity index (χ2n) is 3.43. The molecule has 50 valence electrons. The molecular formula is C9H14. The van der Waals surface area contributed by atoms with Gasteiger partial charge in [0, 0.05) is 0 Å². The molecule has 0 heteroatoms. The molecule has 9 heavy (non-hydrogen) atoms. The quantitative estimate of drug-likeness (QED) is 0.463. The summed E-state index contributed by atoms with van der Waals surface area (Å²) in [7, 11) is 0. The highest BCUT2D eigenvalue weighted by Crippen LogP contribution is 2.27. The largest absolute Gasteiger partial charge is 0.0840 e. The summed E-state index contributed by atoms with van der Waals surface area (Å²) in [6, 6.07) is 0. The summed E-state index contributed by atoms with van der Waals surface area (Å²) >= 11 is 0. The van der Waals surface area contributed by atoms with Crippen molar-refractivity contribution in [2.75, 3.05) is 0 Å². The van der Waals surface area contributed by atoms with E-state index in [1.54, 1.807) is 0 Å². The van der Waals surface area contributed by atoms with Crippen molar-refractivity contribution >= 4 is 0 Å². The molecule has 0 radical (unpaired) electrons. The Kier molecular flexibility index (Phi) is 1.75. The van der Waals surface area contributed by atoms with E-state index >= 15 is 0 Å². The average molecular weight is 122 g/mol. The second kappa shape index (κ2) is 2.38. The molecule has 0 heterocycles. The van der Waals surface area contributed by atoms with Crippen LogP contribution in [0.15, 0.2) is 24.3 Å². The molecule has 0 aliphatic heterocycles. The minimum absolute atomic E-state index is 0.490. The normalized spacial score (nSPS) is 23.8. The predicted molar refractivity (Wildman–Crippen MR) is 41.3 cm³/mol. The molecule has 0 aromatic rings. The van der Waals surface area contributed by atoms with Gasteiger partial charge in [-0.15, -0.1) is 0 Å². The van der Waals surface area contributed by atoms with Crippen LogP contribution in [0.2, 0.25) is 0 Å². The van der Waals surface area contributed by atoms with Gasteiger partial charge in [-0.05, 0) is 18.3 Å². The molecular weight excluding hydrogens is 108 g/mol. The first-order valence-corrected chi connectivity index (χ1v) is 3.52. The summed E-state index contributed by atoms with van der Waals surface area (Å²) in [5.74, 6) is 0. The van der Waals surface area contributed by atoms with Crippen LogP contribution in [-0.4, -0.2) is 0 Å². The zero-order chi connectivity index (χ0) is 6.74. The maximum atomic E-state index is 2.30. The molecule has 1 aliphatic carbocycles. The van der Waals surface area contributed by atoms with E-state index in [1.807, 2.05) is 0 Å². The lowest BCUT2D eigenvalue weighted by molar-refractivity contribution is 0.379. The van der Waals surface area contributed by atoms with Crippen molar-refractivity contribution < 1.29 is 0 Å². The van der Waals surface area contributed by atoms with Gasteiger partial charge in [-0.3, -0.25) is 0 Å². The molecule has 1 rings (SSSR count). The van der Waals surface area contributed by atoms with Crippen molar-refractivity contribution in [2.24, 2.45) is 5.41 Å². The van der Waals surface area contributed by atoms with Crippen LogP contribution < -0.4 is 0 Å². The lowest BCUT2D eigenvalue weighted by Crippen LogP contribution is -2.06. The summed E-state index contributed by atoms with van der Waals surface area (Å²) in [6.45, 7) is 4.60. The predicted octanol–water partition coefficient (Wildman–Crippen LogP) is 2.92. The van der Waals surface area contributed by atoms with Crippen molar-refractivity contribution in [3.05, 3.63) is 24.3 Å². The van der Waals surface area contributed by atoms with E-state index < -0.39 is 0 Å². The zero-order valence-corrected chi connectivity index (χ0v) is 6.22. The van der Waals surface area contributed by atoms with Crippen molar-refractivity contribution in [2.45, 2.75) is 26.7 Å². The molecule has 0 fully saturated rings. The van der Waals surface area contributed by atoms with E-state index in [2.05, 4.69) is 38.2 Å². The van der Waals surface area contributed by atoms with Gasteiger partial charge in [0.2, 0.25) is 0 Å². The Balaban J connectivity index is 2.61. The van der Waals surface area contributed by atoms with Crippen molar-refractivity contribution in [1.82, 2.24) is 0 Å². The average Bonchev–Trinajstić information content (AvgIpc) is 1.92. The fourth-order valence-electron chi connectivity index (χ4n) is 1.01. The number of rotatable bonds is 0. The third-order valence-electron chi connectivity index (χ3n) is 1.72. The lowest BCUT2D eigenvalue weighted by Gasteiger charge is -2.19. The van der Waals surface area contributed by atoms with Crippen molar-refractivity contribution in [3.63, 3.8) is 0 Å². The Morgan fingerprint density at radius 2 is 1.44 bits per heavy atom. The van der Waals surface area contributed by atoms with Crippen LogP contribution >= 0.6 is 0 Å². The molecule has 0 unspecified atom stereocenters. The first-order valence-electron chi connectivity index (χ1n) is 3.52. The number of hydrogen-bond acceptors (Lipinski definition) is 0. The third kappa shape index (κ3) is 2.05. The Morgan fingerprint density at radius 1 is 1.00 bits per heavy atom. The van der Waals surface area contributed by atoms with Crippen molar-refractivity contribution in [1.29, 1.82) is 0 Å². The van der Waals surface area contributed by atoms with Gasteiger partial charge in [-0.1, -0.05) is 38.2 Å². The van der Waals surface area contributed by atoms with Crippen molar-refractivity contribution in [3.8, 4) is 0 Å². The summed E-state index contributed by atoms with van der Waals surface area (Å²) in [5, 5.41) is 0. The van der Waals surface area contributed by atoms with Crippen LogP contribution in [0.5, 0.6) is 0 Å². The molecule has 0 aromatic heterocycles. The van der Waals surface area contributed by atoms with Crippen LogP contribution in [0.1, 0.15) is 26.7 Å². The fourth-order valence-corrected chi connectivity index (χ4v) is 1.01. The minimum atomic E-state index is 0.490. The molecule has 0 N–H and O–H groups in total. The van der Waals surface area contributed by atoms with E-state index in [9.17, 15) is 0 Å². The van der Waals surface area contributed by atoms with E-state index in [1.165, 1.54) is 12.8 Å². The molecule has 0 amide bonds. The van der Waals surface area contributed by atoms with E-state index in [4.69, 9.17) is 0 Å². The third-order valence-corrected chi connectivity index (χ3v) is 1.72. The van der Waals surface area contributed by atoms with Crippen LogP contribution in [0.4, 0.5) is 0 Å². The standard InChI is InChI=1S/C9H14/c1-9(2)7-5-3-4-6-8-9/h3-6H,7-8H2,1-2H3. The second-order valence-corrected chi connectivity index (χ2v) is 3.43. The lowest BCUT2D eigenvalue weighted by atomic mass is 9.86. The topological polar surface area (TPSA) is 0 Å². The van der Waals surface area contributed by atoms with Crippen LogP contribution in [0.25, 0.3) is 0 Å². The van der Waals surface area contributed by atoms with Gasteiger partial charge in [-0.2, -0.15) is 0 Å². The summed E-state index contributed by atoms with van der Waals surface area (Å²) in [5.41, 5.74) is 0.490. The highest BCUT2D eigenvalue weighted by atomic mass is 14.2. The Labute approximate surface area is 57.3 Å². The SMILES string of the molecule is CC1(C)CC=CC=CC1. The first kappa shape index (κ1) is 6.60. The summed E-state index contributed by atoms with van der Waals surface area (Å²) < 4.78 is 0. The van der Waals surface area contributed by atoms with Gasteiger partial charge in [0.1, 0.15) is 0 Å². The Hall–Kier alpha value is -0.520. The van der Waals surface area contributed by atoms with Gasteiger partial charge in [0.15, 0.2) is 0 Å². The Bertz CT molecular complexity index is 122. The van der Waals surface area contributed by atoms with Gasteiger partial charge < -0.3 is 0 Å². The van der Waals surface area contributed by atoms with Crippen LogP contribution in [0.3, 0.4) is 0 Å². The van der Waals surface area contributed by atoms with E-state index in [0.717, 1.165) is 0 Å².